The highest BCUT2D eigenvalue weighted by atomic mass is 16.5. The van der Waals surface area contributed by atoms with Gasteiger partial charge in [0.25, 0.3) is 0 Å². The summed E-state index contributed by atoms with van der Waals surface area (Å²) in [5, 5.41) is 0. The van der Waals surface area contributed by atoms with Crippen LogP contribution in [0.15, 0.2) is 24.3 Å². The predicted molar refractivity (Wildman–Crippen MR) is 83.9 cm³/mol. The lowest BCUT2D eigenvalue weighted by Crippen LogP contribution is -2.33. The second-order valence-corrected chi connectivity index (χ2v) is 6.96. The molecule has 3 nitrogen and oxygen atoms in total. The van der Waals surface area contributed by atoms with Gasteiger partial charge in [0.05, 0.1) is 23.7 Å². The minimum Gasteiger partial charge on any atom is -0.494 e. The third kappa shape index (κ3) is 3.65. The quantitative estimate of drug-likeness (QED) is 0.760. The topological polar surface area (TPSA) is 35.5 Å². The summed E-state index contributed by atoms with van der Waals surface area (Å²) in [6, 6.07) is 7.49. The smallest absolute Gasteiger partial charge is 0.169 e. The molecule has 21 heavy (non-hydrogen) atoms. The number of ketones is 1. The molecule has 0 bridgehead atoms. The van der Waals surface area contributed by atoms with Crippen LogP contribution in [0.4, 0.5) is 0 Å². The fourth-order valence-corrected chi connectivity index (χ4v) is 3.13. The molecule has 1 heterocycles. The molecule has 0 aliphatic carbocycles. The maximum absolute atomic E-state index is 12.8. The Kier molecular flexibility index (Phi) is 4.43. The van der Waals surface area contributed by atoms with E-state index >= 15 is 0 Å². The lowest BCUT2D eigenvalue weighted by molar-refractivity contribution is -0.0712. The Balaban J connectivity index is 2.20. The first-order chi connectivity index (χ1) is 9.75. The van der Waals surface area contributed by atoms with E-state index in [0.29, 0.717) is 12.2 Å². The monoisotopic (exact) mass is 290 g/mol. The van der Waals surface area contributed by atoms with Gasteiger partial charge in [-0.1, -0.05) is 19.1 Å². The summed E-state index contributed by atoms with van der Waals surface area (Å²) in [5.74, 6) is 0.792. The SMILES string of the molecule is CCCOc1cccc(C(=O)C2CC(C)(C)OC2(C)C)c1. The van der Waals surface area contributed by atoms with Gasteiger partial charge in [0.2, 0.25) is 0 Å². The van der Waals surface area contributed by atoms with Gasteiger partial charge in [-0.15, -0.1) is 0 Å². The molecule has 1 fully saturated rings. The van der Waals surface area contributed by atoms with E-state index in [2.05, 4.69) is 6.92 Å². The van der Waals surface area contributed by atoms with Gasteiger partial charge < -0.3 is 9.47 Å². The lowest BCUT2D eigenvalue weighted by atomic mass is 9.81. The summed E-state index contributed by atoms with van der Waals surface area (Å²) in [6.07, 6.45) is 1.70. The Hall–Kier alpha value is -1.35. The number of carbonyl (C=O) groups is 1. The first-order valence-corrected chi connectivity index (χ1v) is 7.72. The first kappa shape index (κ1) is 16.0. The van der Waals surface area contributed by atoms with Crippen molar-refractivity contribution in [3.63, 3.8) is 0 Å². The molecule has 1 aliphatic rings. The van der Waals surface area contributed by atoms with Gasteiger partial charge in [0.15, 0.2) is 5.78 Å². The number of hydrogen-bond donors (Lipinski definition) is 0. The summed E-state index contributed by atoms with van der Waals surface area (Å²) in [4.78, 5) is 12.8. The van der Waals surface area contributed by atoms with Gasteiger partial charge >= 0.3 is 0 Å². The Bertz CT molecular complexity index is 517. The molecular formula is C18H26O3. The van der Waals surface area contributed by atoms with Gasteiger partial charge in [0, 0.05) is 5.56 Å². The van der Waals surface area contributed by atoms with E-state index in [9.17, 15) is 4.79 Å². The van der Waals surface area contributed by atoms with Crippen molar-refractivity contribution in [1.82, 2.24) is 0 Å². The van der Waals surface area contributed by atoms with Crippen LogP contribution < -0.4 is 4.74 Å². The molecule has 1 unspecified atom stereocenters. The number of carbonyl (C=O) groups excluding carboxylic acids is 1. The number of rotatable bonds is 5. The van der Waals surface area contributed by atoms with Crippen LogP contribution in [0.5, 0.6) is 5.75 Å². The zero-order chi connectivity index (χ0) is 15.7. The molecule has 1 aromatic carbocycles. The number of ether oxygens (including phenoxy) is 2. The summed E-state index contributed by atoms with van der Waals surface area (Å²) >= 11 is 0. The molecule has 0 N–H and O–H groups in total. The van der Waals surface area contributed by atoms with Gasteiger partial charge in [-0.05, 0) is 52.7 Å². The van der Waals surface area contributed by atoms with E-state index < -0.39 is 5.60 Å². The zero-order valence-corrected chi connectivity index (χ0v) is 13.7. The van der Waals surface area contributed by atoms with Gasteiger partial charge in [0.1, 0.15) is 5.75 Å². The Morgan fingerprint density at radius 1 is 1.33 bits per heavy atom. The Morgan fingerprint density at radius 2 is 2.05 bits per heavy atom. The molecule has 3 heteroatoms. The van der Waals surface area contributed by atoms with E-state index in [1.165, 1.54) is 0 Å². The molecule has 1 aromatic rings. The number of benzene rings is 1. The highest BCUT2D eigenvalue weighted by Crippen LogP contribution is 2.43. The Morgan fingerprint density at radius 3 is 2.62 bits per heavy atom. The van der Waals surface area contributed by atoms with E-state index in [1.807, 2.05) is 52.0 Å². The summed E-state index contributed by atoms with van der Waals surface area (Å²) < 4.78 is 11.7. The van der Waals surface area contributed by atoms with Crippen LogP contribution in [0.3, 0.4) is 0 Å². The molecule has 1 atom stereocenters. The maximum Gasteiger partial charge on any atom is 0.169 e. The zero-order valence-electron chi connectivity index (χ0n) is 13.7. The normalized spacial score (nSPS) is 23.0. The molecule has 116 valence electrons. The minimum atomic E-state index is -0.430. The van der Waals surface area contributed by atoms with E-state index in [-0.39, 0.29) is 17.3 Å². The maximum atomic E-state index is 12.8. The van der Waals surface area contributed by atoms with E-state index in [0.717, 1.165) is 18.6 Å². The van der Waals surface area contributed by atoms with Crippen LogP contribution in [-0.4, -0.2) is 23.6 Å². The number of Topliss-reactive ketones (excluding diaryl/α,β-unsaturated/α-hetero) is 1. The van der Waals surface area contributed by atoms with Crippen molar-refractivity contribution < 1.29 is 14.3 Å². The first-order valence-electron chi connectivity index (χ1n) is 7.72. The summed E-state index contributed by atoms with van der Waals surface area (Å²) in [6.45, 7) is 10.8. The van der Waals surface area contributed by atoms with Crippen molar-refractivity contribution >= 4 is 5.78 Å². The van der Waals surface area contributed by atoms with Crippen molar-refractivity contribution in [1.29, 1.82) is 0 Å². The van der Waals surface area contributed by atoms with Crippen LogP contribution in [0.25, 0.3) is 0 Å². The summed E-state index contributed by atoms with van der Waals surface area (Å²) in [5.41, 5.74) is 0.0315. The largest absolute Gasteiger partial charge is 0.494 e. The molecule has 0 aromatic heterocycles. The third-order valence-electron chi connectivity index (χ3n) is 3.98. The molecule has 1 aliphatic heterocycles. The minimum absolute atomic E-state index is 0.117. The van der Waals surface area contributed by atoms with Crippen molar-refractivity contribution in [3.8, 4) is 5.75 Å². The van der Waals surface area contributed by atoms with E-state index in [1.54, 1.807) is 0 Å². The van der Waals surface area contributed by atoms with Gasteiger partial charge in [-0.2, -0.15) is 0 Å². The lowest BCUT2D eigenvalue weighted by Gasteiger charge is -2.26. The van der Waals surface area contributed by atoms with Gasteiger partial charge in [-0.25, -0.2) is 0 Å². The van der Waals surface area contributed by atoms with Crippen molar-refractivity contribution in [2.75, 3.05) is 6.61 Å². The Labute approximate surface area is 127 Å². The molecule has 0 spiro atoms. The molecule has 0 amide bonds. The molecule has 0 radical (unpaired) electrons. The molecule has 2 rings (SSSR count). The van der Waals surface area contributed by atoms with E-state index in [4.69, 9.17) is 9.47 Å². The fourth-order valence-electron chi connectivity index (χ4n) is 3.13. The average molecular weight is 290 g/mol. The van der Waals surface area contributed by atoms with Crippen LogP contribution in [-0.2, 0) is 4.74 Å². The van der Waals surface area contributed by atoms with Gasteiger partial charge in [-0.3, -0.25) is 4.79 Å². The standard InChI is InChI=1S/C18H26O3/c1-6-10-20-14-9-7-8-13(11-14)16(19)15-12-17(2,3)21-18(15,4)5/h7-9,11,15H,6,10,12H2,1-5H3. The molecule has 0 saturated carbocycles. The predicted octanol–water partition coefficient (Wildman–Crippen LogP) is 4.25. The third-order valence-corrected chi connectivity index (χ3v) is 3.98. The highest BCUT2D eigenvalue weighted by Gasteiger charge is 2.49. The van der Waals surface area contributed by atoms with Crippen LogP contribution in [0, 0.1) is 5.92 Å². The number of hydrogen-bond acceptors (Lipinski definition) is 3. The second kappa shape index (κ2) is 5.80. The average Bonchev–Trinajstić information content (AvgIpc) is 2.63. The summed E-state index contributed by atoms with van der Waals surface area (Å²) in [7, 11) is 0. The van der Waals surface area contributed by atoms with Crippen LogP contribution in [0.1, 0.15) is 57.8 Å². The van der Waals surface area contributed by atoms with Crippen LogP contribution in [0.2, 0.25) is 0 Å². The molecule has 1 saturated heterocycles. The van der Waals surface area contributed by atoms with Crippen molar-refractivity contribution in [2.45, 2.75) is 58.7 Å². The van der Waals surface area contributed by atoms with Crippen LogP contribution >= 0.6 is 0 Å². The molecular weight excluding hydrogens is 264 g/mol. The van der Waals surface area contributed by atoms with Crippen molar-refractivity contribution in [2.24, 2.45) is 5.92 Å². The fraction of sp³-hybridized carbons (Fsp3) is 0.611. The van der Waals surface area contributed by atoms with Crippen molar-refractivity contribution in [3.05, 3.63) is 29.8 Å². The second-order valence-electron chi connectivity index (χ2n) is 6.96. The highest BCUT2D eigenvalue weighted by molar-refractivity contribution is 5.99.